The van der Waals surface area contributed by atoms with Crippen molar-refractivity contribution in [2.75, 3.05) is 26.4 Å². The van der Waals surface area contributed by atoms with E-state index < -0.39 is 59.8 Å². The molecular formula is C44H76O12S. The highest BCUT2D eigenvalue weighted by Gasteiger charge is 2.48. The van der Waals surface area contributed by atoms with Crippen LogP contribution in [0, 0.1) is 0 Å². The molecule has 13 heteroatoms. The van der Waals surface area contributed by atoms with Crippen LogP contribution in [0.1, 0.15) is 149 Å². The van der Waals surface area contributed by atoms with Crippen molar-refractivity contribution < 1.29 is 56.2 Å². The van der Waals surface area contributed by atoms with E-state index in [4.69, 9.17) is 23.5 Å². The molecule has 1 aliphatic heterocycles. The first-order valence-electron chi connectivity index (χ1n) is 21.5. The molecule has 0 spiro atoms. The third-order valence-corrected chi connectivity index (χ3v) is 9.87. The average Bonchev–Trinajstić information content (AvgIpc) is 3.18. The Bertz CT molecular complexity index is 1230. The first kappa shape index (κ1) is 52.8. The van der Waals surface area contributed by atoms with Crippen LogP contribution in [-0.2, 0) is 38.3 Å². The maximum atomic E-state index is 12.8. The van der Waals surface area contributed by atoms with Crippen LogP contribution >= 0.6 is 0 Å². The second kappa shape index (κ2) is 35.7. The summed E-state index contributed by atoms with van der Waals surface area (Å²) in [6.45, 7) is 3.74. The zero-order valence-corrected chi connectivity index (χ0v) is 35.7. The van der Waals surface area contributed by atoms with Gasteiger partial charge in [0, 0.05) is 13.0 Å². The number of hydrogen-bond donors (Lipinski definition) is 4. The summed E-state index contributed by atoms with van der Waals surface area (Å²) in [4.78, 5) is 12.8. The molecule has 12 nitrogen and oxygen atoms in total. The summed E-state index contributed by atoms with van der Waals surface area (Å²) < 4.78 is 58.9. The van der Waals surface area contributed by atoms with Crippen LogP contribution in [0.4, 0.5) is 0 Å². The molecule has 0 amide bonds. The van der Waals surface area contributed by atoms with Gasteiger partial charge in [-0.3, -0.25) is 9.35 Å². The van der Waals surface area contributed by atoms with E-state index in [9.17, 15) is 28.5 Å². The summed E-state index contributed by atoms with van der Waals surface area (Å²) in [6.07, 6.45) is 34.0. The number of aliphatic hydroxyl groups excluding tert-OH is 3. The van der Waals surface area contributed by atoms with Crippen LogP contribution in [-0.4, -0.2) is 97.5 Å². The minimum absolute atomic E-state index is 0.00563. The summed E-state index contributed by atoms with van der Waals surface area (Å²) >= 11 is 0. The molecule has 6 unspecified atom stereocenters. The van der Waals surface area contributed by atoms with E-state index in [0.717, 1.165) is 70.6 Å². The predicted octanol–water partition coefficient (Wildman–Crippen LogP) is 8.57. The molecule has 4 N–H and O–H groups in total. The molecule has 0 aliphatic carbocycles. The fourth-order valence-corrected chi connectivity index (χ4v) is 6.68. The SMILES string of the molecule is CC/C=C\C/C=C\C/C=C\C/C=C\C/C=C\CCCCOCC(COC1OC(CO)C(O)C(OS(=O)(=O)O)C1O)OC(=O)CCCCCCCCCCCCCC. The van der Waals surface area contributed by atoms with Gasteiger partial charge in [-0.15, -0.1) is 0 Å². The van der Waals surface area contributed by atoms with Crippen molar-refractivity contribution in [3.05, 3.63) is 60.8 Å². The van der Waals surface area contributed by atoms with Gasteiger partial charge >= 0.3 is 16.4 Å². The fraction of sp³-hybridized carbons (Fsp3) is 0.750. The van der Waals surface area contributed by atoms with Gasteiger partial charge in [0.05, 0.1) is 19.8 Å². The summed E-state index contributed by atoms with van der Waals surface area (Å²) in [5, 5.41) is 30.6. The van der Waals surface area contributed by atoms with Crippen molar-refractivity contribution in [3.8, 4) is 0 Å². The van der Waals surface area contributed by atoms with E-state index in [1.54, 1.807) is 0 Å². The molecule has 1 heterocycles. The van der Waals surface area contributed by atoms with Gasteiger partial charge in [0.1, 0.15) is 30.5 Å². The highest BCUT2D eigenvalue weighted by Crippen LogP contribution is 2.26. The smallest absolute Gasteiger partial charge is 0.397 e. The lowest BCUT2D eigenvalue weighted by Gasteiger charge is -2.41. The molecule has 0 radical (unpaired) electrons. The number of carbonyl (C=O) groups is 1. The molecule has 0 aromatic carbocycles. The molecule has 6 atom stereocenters. The van der Waals surface area contributed by atoms with Gasteiger partial charge in [-0.1, -0.05) is 145 Å². The Morgan fingerprint density at radius 1 is 0.684 bits per heavy atom. The topological polar surface area (TPSA) is 178 Å². The van der Waals surface area contributed by atoms with Gasteiger partial charge in [0.2, 0.25) is 0 Å². The van der Waals surface area contributed by atoms with Gasteiger partial charge < -0.3 is 34.3 Å². The number of unbranched alkanes of at least 4 members (excludes halogenated alkanes) is 13. The number of esters is 1. The Labute approximate surface area is 344 Å². The fourth-order valence-electron chi connectivity index (χ4n) is 6.17. The maximum Gasteiger partial charge on any atom is 0.397 e. The number of aliphatic hydroxyl groups is 3. The molecule has 330 valence electrons. The largest absolute Gasteiger partial charge is 0.457 e. The quantitative estimate of drug-likeness (QED) is 0.0205. The van der Waals surface area contributed by atoms with Crippen LogP contribution < -0.4 is 0 Å². The number of carbonyl (C=O) groups excluding carboxylic acids is 1. The van der Waals surface area contributed by atoms with E-state index in [2.05, 4.69) is 78.8 Å². The highest BCUT2D eigenvalue weighted by molar-refractivity contribution is 7.80. The molecule has 57 heavy (non-hydrogen) atoms. The third kappa shape index (κ3) is 29.6. The van der Waals surface area contributed by atoms with Gasteiger partial charge in [-0.25, -0.2) is 4.18 Å². The van der Waals surface area contributed by atoms with Crippen LogP contribution in [0.15, 0.2) is 60.8 Å². The Balaban J connectivity index is 2.49. The van der Waals surface area contributed by atoms with E-state index in [0.29, 0.717) is 13.0 Å². The Morgan fingerprint density at radius 2 is 1.21 bits per heavy atom. The molecule has 1 fully saturated rings. The molecule has 1 saturated heterocycles. The van der Waals surface area contributed by atoms with E-state index >= 15 is 0 Å². The second-order valence-corrected chi connectivity index (χ2v) is 15.6. The average molecular weight is 829 g/mol. The molecule has 1 rings (SSSR count). The lowest BCUT2D eigenvalue weighted by molar-refractivity contribution is -0.301. The molecular weight excluding hydrogens is 753 g/mol. The second-order valence-electron chi connectivity index (χ2n) is 14.6. The number of rotatable bonds is 36. The summed E-state index contributed by atoms with van der Waals surface area (Å²) in [5.74, 6) is -0.418. The molecule has 0 saturated carbocycles. The van der Waals surface area contributed by atoms with Gasteiger partial charge in [0.25, 0.3) is 0 Å². The molecule has 0 aromatic heterocycles. The van der Waals surface area contributed by atoms with E-state index in [-0.39, 0.29) is 19.6 Å². The molecule has 0 aromatic rings. The van der Waals surface area contributed by atoms with Crippen molar-refractivity contribution in [3.63, 3.8) is 0 Å². The number of ether oxygens (including phenoxy) is 4. The normalized spacial score (nSPS) is 21.3. The van der Waals surface area contributed by atoms with Crippen molar-refractivity contribution in [2.45, 2.75) is 185 Å². The van der Waals surface area contributed by atoms with Crippen LogP contribution in [0.2, 0.25) is 0 Å². The lowest BCUT2D eigenvalue weighted by atomic mass is 9.99. The van der Waals surface area contributed by atoms with Crippen molar-refractivity contribution in [1.82, 2.24) is 0 Å². The maximum absolute atomic E-state index is 12.8. The standard InChI is InChI=1S/C44H76O12S/c1-3-5-7-9-11-13-15-17-18-19-20-21-22-24-26-28-30-32-34-52-36-38(54-40(46)33-31-29-27-25-23-16-14-12-10-8-6-4-2)37-53-44-42(48)43(56-57(49,50)51)41(47)39(35-45)55-44/h5,7,11,13,17-18,20-21,24,26,38-39,41-45,47-48H,3-4,6,8-10,12,14-16,19,22-23,25,27-37H2,1-2H3,(H,49,50,51)/b7-5-,13-11-,18-17-,21-20-,26-24-. The highest BCUT2D eigenvalue weighted by atomic mass is 32.3. The van der Waals surface area contributed by atoms with Crippen molar-refractivity contribution >= 4 is 16.4 Å². The molecule has 0 bridgehead atoms. The van der Waals surface area contributed by atoms with Crippen molar-refractivity contribution in [2.24, 2.45) is 0 Å². The van der Waals surface area contributed by atoms with Gasteiger partial charge in [-0.05, 0) is 57.8 Å². The monoisotopic (exact) mass is 829 g/mol. The van der Waals surface area contributed by atoms with Crippen LogP contribution in [0.5, 0.6) is 0 Å². The van der Waals surface area contributed by atoms with Gasteiger partial charge in [-0.2, -0.15) is 8.42 Å². The molecule has 1 aliphatic rings. The Hall–Kier alpha value is -2.20. The first-order chi connectivity index (χ1) is 27.6. The van der Waals surface area contributed by atoms with E-state index in [1.807, 2.05) is 0 Å². The zero-order valence-electron chi connectivity index (χ0n) is 34.9. The van der Waals surface area contributed by atoms with Gasteiger partial charge in [0.15, 0.2) is 6.29 Å². The Kier molecular flexibility index (Phi) is 33.1. The Morgan fingerprint density at radius 3 is 1.74 bits per heavy atom. The first-order valence-corrected chi connectivity index (χ1v) is 22.9. The summed E-state index contributed by atoms with van der Waals surface area (Å²) in [7, 11) is -5.07. The number of hydrogen-bond acceptors (Lipinski definition) is 11. The minimum Gasteiger partial charge on any atom is -0.457 e. The number of allylic oxidation sites excluding steroid dienone is 10. The van der Waals surface area contributed by atoms with Crippen LogP contribution in [0.25, 0.3) is 0 Å². The summed E-state index contributed by atoms with van der Waals surface area (Å²) in [5.41, 5.74) is 0. The van der Waals surface area contributed by atoms with Crippen molar-refractivity contribution in [1.29, 1.82) is 0 Å². The van der Waals surface area contributed by atoms with Crippen LogP contribution in [0.3, 0.4) is 0 Å². The summed E-state index contributed by atoms with van der Waals surface area (Å²) in [6, 6.07) is 0. The predicted molar refractivity (Wildman–Crippen MR) is 225 cm³/mol. The zero-order chi connectivity index (χ0) is 41.8. The lowest BCUT2D eigenvalue weighted by Crippen LogP contribution is -2.60. The van der Waals surface area contributed by atoms with E-state index in [1.165, 1.54) is 51.4 Å². The minimum atomic E-state index is -5.07. The third-order valence-electron chi connectivity index (χ3n) is 9.40.